The fraction of sp³-hybridized carbons (Fsp3) is 0.950. The van der Waals surface area contributed by atoms with Gasteiger partial charge in [-0.15, -0.1) is 0 Å². The van der Waals surface area contributed by atoms with Gasteiger partial charge in [0.05, 0.1) is 0 Å². The van der Waals surface area contributed by atoms with Crippen LogP contribution in [0.2, 0.25) is 0 Å². The highest BCUT2D eigenvalue weighted by molar-refractivity contribution is 5.71. The summed E-state index contributed by atoms with van der Waals surface area (Å²) in [4.78, 5) is 38.2. The van der Waals surface area contributed by atoms with Crippen LogP contribution in [0.1, 0.15) is 348 Å². The van der Waals surface area contributed by atoms with E-state index in [2.05, 4.69) is 20.8 Å². The number of ether oxygens (including phenoxy) is 3. The molecule has 0 rings (SSSR count). The molecular weight excluding hydrogens is 817 g/mol. The van der Waals surface area contributed by atoms with Crippen molar-refractivity contribution in [2.75, 3.05) is 13.2 Å². The normalized spacial score (nSPS) is 11.9. The van der Waals surface area contributed by atoms with Crippen LogP contribution in [0, 0.1) is 0 Å². The van der Waals surface area contributed by atoms with E-state index in [4.69, 9.17) is 14.2 Å². The fourth-order valence-corrected chi connectivity index (χ4v) is 9.33. The van der Waals surface area contributed by atoms with E-state index in [1.807, 2.05) is 0 Å². The number of carbonyl (C=O) groups is 3. The van der Waals surface area contributed by atoms with Crippen LogP contribution in [0.5, 0.6) is 0 Å². The zero-order valence-corrected chi connectivity index (χ0v) is 45.0. The van der Waals surface area contributed by atoms with Crippen molar-refractivity contribution in [1.82, 2.24) is 0 Å². The van der Waals surface area contributed by atoms with Crippen molar-refractivity contribution >= 4 is 17.9 Å². The maximum atomic E-state index is 12.9. The third kappa shape index (κ3) is 53.4. The molecule has 6 heteroatoms. The summed E-state index contributed by atoms with van der Waals surface area (Å²) in [5.74, 6) is -0.828. The molecule has 0 aliphatic rings. The summed E-state index contributed by atoms with van der Waals surface area (Å²) in [6.07, 6.45) is 62.3. The van der Waals surface area contributed by atoms with E-state index in [0.29, 0.717) is 19.3 Å². The molecule has 0 N–H and O–H groups in total. The smallest absolute Gasteiger partial charge is 0.306 e. The third-order valence-electron chi connectivity index (χ3n) is 13.9. The Kier molecular flexibility index (Phi) is 54.7. The minimum absolute atomic E-state index is 0.0608. The molecule has 0 aromatic carbocycles. The predicted octanol–water partition coefficient (Wildman–Crippen LogP) is 19.9. The number of unbranched alkanes of at least 4 members (excludes halogenated alkanes) is 45. The number of hydrogen-bond acceptors (Lipinski definition) is 6. The molecule has 0 radical (unpaired) electrons. The van der Waals surface area contributed by atoms with Gasteiger partial charge in [-0.3, -0.25) is 14.4 Å². The molecule has 0 bridgehead atoms. The maximum Gasteiger partial charge on any atom is 0.306 e. The van der Waals surface area contributed by atoms with Crippen LogP contribution in [0.3, 0.4) is 0 Å². The van der Waals surface area contributed by atoms with E-state index in [1.165, 1.54) is 250 Å². The van der Waals surface area contributed by atoms with Crippen molar-refractivity contribution in [2.24, 2.45) is 0 Å². The molecular formula is C60H116O6. The molecule has 0 spiro atoms. The fourth-order valence-electron chi connectivity index (χ4n) is 9.33. The van der Waals surface area contributed by atoms with Gasteiger partial charge in [-0.1, -0.05) is 310 Å². The second kappa shape index (κ2) is 56.0. The van der Waals surface area contributed by atoms with Gasteiger partial charge < -0.3 is 14.2 Å². The number of carbonyl (C=O) groups excluding carboxylic acids is 3. The standard InChI is InChI=1S/C60H116O6/c1-4-7-10-13-16-19-22-25-28-30-33-35-38-41-44-47-50-53-59(62)65-56-57(55-64-58(61)52-49-46-43-40-37-34-31-27-24-21-18-15-12-9-6-3)66-60(63)54-51-48-45-42-39-36-32-29-26-23-20-17-14-11-8-5-2/h57H,4-56H2,1-3H3. The molecule has 66 heavy (non-hydrogen) atoms. The van der Waals surface area contributed by atoms with Gasteiger partial charge in [0, 0.05) is 19.3 Å². The molecule has 0 saturated carbocycles. The van der Waals surface area contributed by atoms with E-state index in [1.54, 1.807) is 0 Å². The van der Waals surface area contributed by atoms with Gasteiger partial charge in [0.25, 0.3) is 0 Å². The van der Waals surface area contributed by atoms with Crippen LogP contribution in [-0.4, -0.2) is 37.2 Å². The summed E-state index contributed by atoms with van der Waals surface area (Å²) in [5.41, 5.74) is 0. The molecule has 0 aliphatic heterocycles. The molecule has 1 atom stereocenters. The van der Waals surface area contributed by atoms with Gasteiger partial charge in [0.1, 0.15) is 13.2 Å². The van der Waals surface area contributed by atoms with Crippen molar-refractivity contribution in [3.8, 4) is 0 Å². The highest BCUT2D eigenvalue weighted by Crippen LogP contribution is 2.18. The van der Waals surface area contributed by atoms with Crippen LogP contribution >= 0.6 is 0 Å². The average Bonchev–Trinajstić information content (AvgIpc) is 3.31. The second-order valence-electron chi connectivity index (χ2n) is 20.6. The van der Waals surface area contributed by atoms with Gasteiger partial charge in [0.2, 0.25) is 0 Å². The Hall–Kier alpha value is -1.59. The molecule has 0 aromatic rings. The van der Waals surface area contributed by atoms with Gasteiger partial charge in [-0.2, -0.15) is 0 Å². The summed E-state index contributed by atoms with van der Waals surface area (Å²) in [7, 11) is 0. The van der Waals surface area contributed by atoms with Crippen molar-refractivity contribution in [2.45, 2.75) is 354 Å². The SMILES string of the molecule is CCCCCCCCCCCCCCCCCCCC(=O)OCC(COC(=O)CCCCCCCCCCCCCCCCC)OC(=O)CCCCCCCCCCCCCCCCCC. The minimum atomic E-state index is -0.761. The second-order valence-corrected chi connectivity index (χ2v) is 20.6. The van der Waals surface area contributed by atoms with Gasteiger partial charge in [-0.05, 0) is 19.3 Å². The summed E-state index contributed by atoms with van der Waals surface area (Å²) in [5, 5.41) is 0. The first-order valence-electron chi connectivity index (χ1n) is 30.0. The predicted molar refractivity (Wildman–Crippen MR) is 284 cm³/mol. The lowest BCUT2D eigenvalue weighted by Gasteiger charge is -2.18. The first-order valence-corrected chi connectivity index (χ1v) is 30.0. The summed E-state index contributed by atoms with van der Waals surface area (Å²) in [6, 6.07) is 0. The quantitative estimate of drug-likeness (QED) is 0.0343. The molecule has 1 unspecified atom stereocenters. The topological polar surface area (TPSA) is 78.9 Å². The van der Waals surface area contributed by atoms with Crippen molar-refractivity contribution in [3.63, 3.8) is 0 Å². The molecule has 392 valence electrons. The Labute approximate surface area is 412 Å². The van der Waals surface area contributed by atoms with E-state index >= 15 is 0 Å². The van der Waals surface area contributed by atoms with Gasteiger partial charge in [-0.25, -0.2) is 0 Å². The monoisotopic (exact) mass is 933 g/mol. The summed E-state index contributed by atoms with van der Waals surface area (Å²) < 4.78 is 16.9. The van der Waals surface area contributed by atoms with Crippen LogP contribution in [0.25, 0.3) is 0 Å². The lowest BCUT2D eigenvalue weighted by molar-refractivity contribution is -0.167. The van der Waals surface area contributed by atoms with Crippen molar-refractivity contribution < 1.29 is 28.6 Å². The first kappa shape index (κ1) is 64.4. The Morgan fingerprint density at radius 1 is 0.242 bits per heavy atom. The van der Waals surface area contributed by atoms with Crippen LogP contribution in [0.15, 0.2) is 0 Å². The lowest BCUT2D eigenvalue weighted by Crippen LogP contribution is -2.30. The zero-order valence-electron chi connectivity index (χ0n) is 45.0. The van der Waals surface area contributed by atoms with Gasteiger partial charge in [0.15, 0.2) is 6.10 Å². The molecule has 0 aliphatic carbocycles. The molecule has 0 saturated heterocycles. The molecule has 0 heterocycles. The molecule has 0 aromatic heterocycles. The van der Waals surface area contributed by atoms with E-state index in [0.717, 1.165) is 57.8 Å². The van der Waals surface area contributed by atoms with Gasteiger partial charge >= 0.3 is 17.9 Å². The maximum absolute atomic E-state index is 12.9. The largest absolute Gasteiger partial charge is 0.462 e. The van der Waals surface area contributed by atoms with Crippen molar-refractivity contribution in [1.29, 1.82) is 0 Å². The third-order valence-corrected chi connectivity index (χ3v) is 13.9. The molecule has 0 amide bonds. The van der Waals surface area contributed by atoms with Crippen LogP contribution in [0.4, 0.5) is 0 Å². The highest BCUT2D eigenvalue weighted by atomic mass is 16.6. The van der Waals surface area contributed by atoms with Crippen LogP contribution in [-0.2, 0) is 28.6 Å². The number of rotatable bonds is 56. The summed E-state index contributed by atoms with van der Waals surface area (Å²) >= 11 is 0. The number of hydrogen-bond donors (Lipinski definition) is 0. The van der Waals surface area contributed by atoms with Crippen molar-refractivity contribution in [3.05, 3.63) is 0 Å². The van der Waals surface area contributed by atoms with Crippen LogP contribution < -0.4 is 0 Å². The van der Waals surface area contributed by atoms with E-state index in [-0.39, 0.29) is 31.1 Å². The Balaban J connectivity index is 4.29. The highest BCUT2D eigenvalue weighted by Gasteiger charge is 2.19. The Bertz CT molecular complexity index is 982. The Morgan fingerprint density at radius 3 is 0.606 bits per heavy atom. The Morgan fingerprint density at radius 2 is 0.409 bits per heavy atom. The number of esters is 3. The minimum Gasteiger partial charge on any atom is -0.462 e. The van der Waals surface area contributed by atoms with E-state index in [9.17, 15) is 14.4 Å². The zero-order chi connectivity index (χ0) is 47.9. The molecule has 6 nitrogen and oxygen atoms in total. The first-order chi connectivity index (χ1) is 32.5. The van der Waals surface area contributed by atoms with E-state index < -0.39 is 6.10 Å². The average molecular weight is 934 g/mol. The lowest BCUT2D eigenvalue weighted by atomic mass is 10.0. The summed E-state index contributed by atoms with van der Waals surface area (Å²) in [6.45, 7) is 6.72. The molecule has 0 fully saturated rings.